The van der Waals surface area contributed by atoms with Crippen molar-refractivity contribution in [3.05, 3.63) is 82.7 Å². The molecule has 1 atom stereocenters. The van der Waals surface area contributed by atoms with Crippen LogP contribution < -0.4 is 4.80 Å². The maximum Gasteiger partial charge on any atom is 0.190 e. The second-order valence-corrected chi connectivity index (χ2v) is 8.10. The van der Waals surface area contributed by atoms with Gasteiger partial charge in [0.2, 0.25) is 0 Å². The first-order valence-corrected chi connectivity index (χ1v) is 10.7. The third-order valence-electron chi connectivity index (χ3n) is 5.32. The van der Waals surface area contributed by atoms with Gasteiger partial charge in [0.15, 0.2) is 4.80 Å². The Morgan fingerprint density at radius 1 is 1.03 bits per heavy atom. The zero-order chi connectivity index (χ0) is 19.6. The van der Waals surface area contributed by atoms with Gasteiger partial charge in [-0.3, -0.25) is 0 Å². The second kappa shape index (κ2) is 7.93. The second-order valence-electron chi connectivity index (χ2n) is 7.26. The summed E-state index contributed by atoms with van der Waals surface area (Å²) in [5.41, 5.74) is 3.08. The monoisotopic (exact) mass is 404 g/mol. The molecule has 0 spiro atoms. The van der Waals surface area contributed by atoms with Crippen molar-refractivity contribution < 1.29 is 9.13 Å². The van der Waals surface area contributed by atoms with E-state index in [1.165, 1.54) is 28.5 Å². The number of rotatable bonds is 4. The van der Waals surface area contributed by atoms with Crippen molar-refractivity contribution in [3.8, 4) is 11.3 Å². The third-order valence-corrected chi connectivity index (χ3v) is 6.19. The summed E-state index contributed by atoms with van der Waals surface area (Å²) < 4.78 is 21.5. The molecule has 3 nitrogen and oxygen atoms in total. The molecule has 1 saturated heterocycles. The standard InChI is InChI=1S/C24H21FN2OS/c25-18-10-12-19(13-11-18)26-24-27(15-20-7-4-14-28-20)23(16-29-24)22-9-3-6-17-5-1-2-8-21(17)22/h1-3,5-6,8-13,16,20H,4,7,14-15H2. The van der Waals surface area contributed by atoms with Gasteiger partial charge in [0.05, 0.1) is 24.0 Å². The molecule has 3 aromatic carbocycles. The lowest BCUT2D eigenvalue weighted by Crippen LogP contribution is -2.24. The number of aromatic nitrogens is 1. The average Bonchev–Trinajstić information content (AvgIpc) is 3.40. The largest absolute Gasteiger partial charge is 0.376 e. The Kier molecular flexibility index (Phi) is 5.00. The zero-order valence-corrected chi connectivity index (χ0v) is 16.7. The van der Waals surface area contributed by atoms with Gasteiger partial charge in [0.25, 0.3) is 0 Å². The summed E-state index contributed by atoms with van der Waals surface area (Å²) in [5, 5.41) is 4.61. The van der Waals surface area contributed by atoms with Crippen molar-refractivity contribution in [1.82, 2.24) is 4.57 Å². The van der Waals surface area contributed by atoms with Crippen LogP contribution in [0.2, 0.25) is 0 Å². The maximum atomic E-state index is 13.3. The summed E-state index contributed by atoms with van der Waals surface area (Å²) in [6, 6.07) is 21.2. The molecule has 0 amide bonds. The van der Waals surface area contributed by atoms with Crippen molar-refractivity contribution >= 4 is 27.8 Å². The SMILES string of the molecule is Fc1ccc(N=c2scc(-c3cccc4ccccc34)n2CC2CCCO2)cc1. The zero-order valence-electron chi connectivity index (χ0n) is 15.9. The first-order chi connectivity index (χ1) is 14.3. The highest BCUT2D eigenvalue weighted by molar-refractivity contribution is 7.07. The van der Waals surface area contributed by atoms with E-state index in [1.54, 1.807) is 23.5 Å². The Labute approximate surface area is 172 Å². The van der Waals surface area contributed by atoms with Gasteiger partial charge < -0.3 is 9.30 Å². The first kappa shape index (κ1) is 18.3. The van der Waals surface area contributed by atoms with Crippen molar-refractivity contribution in [2.45, 2.75) is 25.5 Å². The minimum Gasteiger partial charge on any atom is -0.376 e. The topological polar surface area (TPSA) is 26.5 Å². The van der Waals surface area contributed by atoms with E-state index in [0.717, 1.165) is 42.2 Å². The van der Waals surface area contributed by atoms with E-state index in [0.29, 0.717) is 0 Å². The number of benzene rings is 3. The van der Waals surface area contributed by atoms with Gasteiger partial charge >= 0.3 is 0 Å². The molecule has 4 aromatic rings. The van der Waals surface area contributed by atoms with Gasteiger partial charge in [-0.05, 0) is 47.9 Å². The van der Waals surface area contributed by atoms with Crippen LogP contribution in [0.5, 0.6) is 0 Å². The Morgan fingerprint density at radius 3 is 2.69 bits per heavy atom. The molecule has 5 heteroatoms. The van der Waals surface area contributed by atoms with E-state index in [9.17, 15) is 4.39 Å². The molecule has 0 bridgehead atoms. The molecule has 0 radical (unpaired) electrons. The lowest BCUT2D eigenvalue weighted by molar-refractivity contribution is 0.0968. The highest BCUT2D eigenvalue weighted by Crippen LogP contribution is 2.30. The van der Waals surface area contributed by atoms with Crippen LogP contribution in [0.3, 0.4) is 0 Å². The quantitative estimate of drug-likeness (QED) is 0.415. The molecule has 1 aromatic heterocycles. The number of ether oxygens (including phenoxy) is 1. The Hall–Kier alpha value is -2.76. The fraction of sp³-hybridized carbons (Fsp3) is 0.208. The predicted molar refractivity (Wildman–Crippen MR) is 116 cm³/mol. The smallest absolute Gasteiger partial charge is 0.190 e. The lowest BCUT2D eigenvalue weighted by Gasteiger charge is -2.15. The van der Waals surface area contributed by atoms with E-state index in [1.807, 2.05) is 0 Å². The summed E-state index contributed by atoms with van der Waals surface area (Å²) in [6.07, 6.45) is 2.36. The van der Waals surface area contributed by atoms with Crippen LogP contribution in [0.4, 0.5) is 10.1 Å². The molecule has 0 aliphatic carbocycles. The molecular formula is C24H21FN2OS. The summed E-state index contributed by atoms with van der Waals surface area (Å²) in [6.45, 7) is 1.59. The molecule has 1 unspecified atom stereocenters. The Morgan fingerprint density at radius 2 is 1.86 bits per heavy atom. The maximum absolute atomic E-state index is 13.3. The van der Waals surface area contributed by atoms with E-state index >= 15 is 0 Å². The molecule has 146 valence electrons. The Bertz CT molecular complexity index is 1200. The molecule has 0 N–H and O–H groups in total. The molecular weight excluding hydrogens is 383 g/mol. The van der Waals surface area contributed by atoms with Crippen molar-refractivity contribution in [2.75, 3.05) is 6.61 Å². The van der Waals surface area contributed by atoms with Crippen LogP contribution in [-0.2, 0) is 11.3 Å². The van der Waals surface area contributed by atoms with Gasteiger partial charge in [-0.15, -0.1) is 11.3 Å². The number of hydrogen-bond acceptors (Lipinski definition) is 3. The number of hydrogen-bond donors (Lipinski definition) is 0. The molecule has 1 aliphatic rings. The van der Waals surface area contributed by atoms with Gasteiger partial charge in [-0.1, -0.05) is 42.5 Å². The predicted octanol–water partition coefficient (Wildman–Crippen LogP) is 5.92. The number of thiazole rings is 1. The van der Waals surface area contributed by atoms with Crippen molar-refractivity contribution in [1.29, 1.82) is 0 Å². The van der Waals surface area contributed by atoms with E-state index in [-0.39, 0.29) is 11.9 Å². The number of nitrogens with zero attached hydrogens (tertiary/aromatic N) is 2. The van der Waals surface area contributed by atoms with Crippen LogP contribution in [0.25, 0.3) is 22.0 Å². The van der Waals surface area contributed by atoms with Crippen molar-refractivity contribution in [2.24, 2.45) is 4.99 Å². The van der Waals surface area contributed by atoms with E-state index in [4.69, 9.17) is 9.73 Å². The molecule has 29 heavy (non-hydrogen) atoms. The van der Waals surface area contributed by atoms with E-state index < -0.39 is 0 Å². The minimum absolute atomic E-state index is 0.200. The number of halogens is 1. The summed E-state index contributed by atoms with van der Waals surface area (Å²) in [7, 11) is 0. The normalized spacial score (nSPS) is 17.3. The van der Waals surface area contributed by atoms with Gasteiger partial charge in [0.1, 0.15) is 5.82 Å². The highest BCUT2D eigenvalue weighted by Gasteiger charge is 2.19. The van der Waals surface area contributed by atoms with Crippen LogP contribution in [0, 0.1) is 5.82 Å². The van der Waals surface area contributed by atoms with E-state index in [2.05, 4.69) is 52.4 Å². The molecule has 1 fully saturated rings. The fourth-order valence-electron chi connectivity index (χ4n) is 3.88. The molecule has 2 heterocycles. The lowest BCUT2D eigenvalue weighted by atomic mass is 10.0. The van der Waals surface area contributed by atoms with Crippen molar-refractivity contribution in [3.63, 3.8) is 0 Å². The summed E-state index contributed by atoms with van der Waals surface area (Å²) in [4.78, 5) is 5.71. The van der Waals surface area contributed by atoms with Gasteiger partial charge in [0, 0.05) is 17.6 Å². The van der Waals surface area contributed by atoms with Gasteiger partial charge in [-0.25, -0.2) is 9.38 Å². The fourth-order valence-corrected chi connectivity index (χ4v) is 4.81. The molecule has 5 rings (SSSR count). The third kappa shape index (κ3) is 3.76. The molecule has 0 saturated carbocycles. The Balaban J connectivity index is 1.67. The van der Waals surface area contributed by atoms with Crippen LogP contribution in [0.1, 0.15) is 12.8 Å². The van der Waals surface area contributed by atoms with Crippen LogP contribution in [-0.4, -0.2) is 17.3 Å². The summed E-state index contributed by atoms with van der Waals surface area (Å²) in [5.74, 6) is -0.251. The average molecular weight is 405 g/mol. The van der Waals surface area contributed by atoms with Gasteiger partial charge in [-0.2, -0.15) is 0 Å². The molecule has 1 aliphatic heterocycles. The van der Waals surface area contributed by atoms with Crippen LogP contribution >= 0.6 is 11.3 Å². The summed E-state index contributed by atoms with van der Waals surface area (Å²) >= 11 is 1.61. The highest BCUT2D eigenvalue weighted by atomic mass is 32.1. The van der Waals surface area contributed by atoms with Crippen LogP contribution in [0.15, 0.2) is 77.1 Å². The minimum atomic E-state index is -0.251. The number of fused-ring (bicyclic) bond motifs is 1. The first-order valence-electron chi connectivity index (χ1n) is 9.86.